The lowest BCUT2D eigenvalue weighted by Crippen LogP contribution is -3.07. The van der Waals surface area contributed by atoms with Gasteiger partial charge in [-0.1, -0.05) is 25.4 Å². The van der Waals surface area contributed by atoms with E-state index in [1.165, 1.54) is 4.90 Å². The second-order valence-electron chi connectivity index (χ2n) is 6.07. The molecule has 1 rings (SSSR count). The van der Waals surface area contributed by atoms with Crippen molar-refractivity contribution < 1.29 is 14.4 Å². The Hall–Kier alpha value is -1.26. The van der Waals surface area contributed by atoms with Gasteiger partial charge in [0.15, 0.2) is 6.61 Å². The summed E-state index contributed by atoms with van der Waals surface area (Å²) in [7, 11) is 4.21. The molecule has 112 valence electrons. The zero-order valence-corrected chi connectivity index (χ0v) is 13.4. The minimum absolute atomic E-state index is 0.0204. The van der Waals surface area contributed by atoms with Crippen LogP contribution in [0.25, 0.3) is 0 Å². The first kappa shape index (κ1) is 16.8. The summed E-state index contributed by atoms with van der Waals surface area (Å²) in [4.78, 5) is 13.1. The van der Waals surface area contributed by atoms with E-state index >= 15 is 0 Å². The van der Waals surface area contributed by atoms with Crippen molar-refractivity contribution in [2.75, 3.05) is 33.8 Å². The predicted octanol–water partition coefficient (Wildman–Crippen LogP) is 1.01. The molecular weight excluding hydrogens is 276 g/mol. The molecule has 1 aromatic carbocycles. The number of halogens is 1. The molecule has 0 bridgehead atoms. The first-order valence-corrected chi connectivity index (χ1v) is 7.10. The van der Waals surface area contributed by atoms with Crippen LogP contribution in [0.15, 0.2) is 24.3 Å². The number of carbonyl (C=O) groups is 1. The number of benzene rings is 1. The molecular formula is C15H24ClN2O2+. The molecule has 2 N–H and O–H groups in total. The molecule has 0 atom stereocenters. The third-order valence-corrected chi connectivity index (χ3v) is 3.03. The highest BCUT2D eigenvalue weighted by Crippen LogP contribution is 2.15. The van der Waals surface area contributed by atoms with E-state index < -0.39 is 0 Å². The minimum atomic E-state index is -0.109. The van der Waals surface area contributed by atoms with E-state index in [0.717, 1.165) is 6.54 Å². The van der Waals surface area contributed by atoms with Gasteiger partial charge in [0.1, 0.15) is 5.75 Å². The van der Waals surface area contributed by atoms with E-state index in [4.69, 9.17) is 16.3 Å². The molecule has 0 aliphatic heterocycles. The van der Waals surface area contributed by atoms with E-state index in [2.05, 4.69) is 33.3 Å². The third-order valence-electron chi connectivity index (χ3n) is 2.78. The van der Waals surface area contributed by atoms with Gasteiger partial charge in [-0.25, -0.2) is 0 Å². The van der Waals surface area contributed by atoms with E-state index in [1.807, 2.05) is 0 Å². The summed E-state index contributed by atoms with van der Waals surface area (Å²) in [5.74, 6) is 0.531. The van der Waals surface area contributed by atoms with Crippen LogP contribution in [0.3, 0.4) is 0 Å². The van der Waals surface area contributed by atoms with Crippen molar-refractivity contribution in [3.05, 3.63) is 29.3 Å². The molecule has 0 saturated heterocycles. The molecule has 4 nitrogen and oxygen atoms in total. The second-order valence-corrected chi connectivity index (χ2v) is 6.50. The number of amides is 1. The topological polar surface area (TPSA) is 42.8 Å². The van der Waals surface area contributed by atoms with Gasteiger partial charge in [0, 0.05) is 17.0 Å². The van der Waals surface area contributed by atoms with E-state index in [9.17, 15) is 4.79 Å². The second kappa shape index (κ2) is 7.50. The monoisotopic (exact) mass is 299 g/mol. The van der Waals surface area contributed by atoms with Crippen LogP contribution in [0.2, 0.25) is 5.02 Å². The largest absolute Gasteiger partial charge is 0.484 e. The van der Waals surface area contributed by atoms with Gasteiger partial charge in [-0.3, -0.25) is 4.79 Å². The summed E-state index contributed by atoms with van der Waals surface area (Å²) in [5.41, 5.74) is 0.0643. The SMILES string of the molecule is C[NH+](C)CC(C)(C)CNC(=O)COc1ccc(Cl)cc1. The minimum Gasteiger partial charge on any atom is -0.484 e. The smallest absolute Gasteiger partial charge is 0.257 e. The lowest BCUT2D eigenvalue weighted by Gasteiger charge is -2.26. The van der Waals surface area contributed by atoms with Crippen LogP contribution >= 0.6 is 11.6 Å². The molecule has 0 heterocycles. The summed E-state index contributed by atoms with van der Waals surface area (Å²) in [6.45, 7) is 5.93. The van der Waals surface area contributed by atoms with Crippen molar-refractivity contribution >= 4 is 17.5 Å². The van der Waals surface area contributed by atoms with Crippen LogP contribution in [0.4, 0.5) is 0 Å². The average Bonchev–Trinajstić information content (AvgIpc) is 2.34. The Morgan fingerprint density at radius 3 is 2.45 bits per heavy atom. The molecule has 1 amide bonds. The normalized spacial score (nSPS) is 11.5. The van der Waals surface area contributed by atoms with Crippen LogP contribution in [0.1, 0.15) is 13.8 Å². The summed E-state index contributed by atoms with van der Waals surface area (Å²) >= 11 is 5.78. The molecule has 0 radical (unpaired) electrons. The summed E-state index contributed by atoms with van der Waals surface area (Å²) < 4.78 is 5.39. The number of nitrogens with one attached hydrogen (secondary N) is 2. The van der Waals surface area contributed by atoms with Crippen molar-refractivity contribution in [1.29, 1.82) is 0 Å². The van der Waals surface area contributed by atoms with Gasteiger partial charge < -0.3 is 15.0 Å². The van der Waals surface area contributed by atoms with Gasteiger partial charge in [-0.15, -0.1) is 0 Å². The molecule has 5 heteroatoms. The Morgan fingerprint density at radius 2 is 1.90 bits per heavy atom. The quantitative estimate of drug-likeness (QED) is 0.789. The Balaban J connectivity index is 2.32. The number of rotatable bonds is 7. The predicted molar refractivity (Wildman–Crippen MR) is 81.4 cm³/mol. The van der Waals surface area contributed by atoms with E-state index in [1.54, 1.807) is 24.3 Å². The van der Waals surface area contributed by atoms with Gasteiger partial charge in [0.2, 0.25) is 0 Å². The Bertz CT molecular complexity index is 430. The number of hydrogen-bond acceptors (Lipinski definition) is 2. The average molecular weight is 300 g/mol. The van der Waals surface area contributed by atoms with Crippen molar-refractivity contribution in [2.24, 2.45) is 5.41 Å². The summed E-state index contributed by atoms with van der Waals surface area (Å²) in [6, 6.07) is 6.96. The highest BCUT2D eigenvalue weighted by atomic mass is 35.5. The Kier molecular flexibility index (Phi) is 6.30. The van der Waals surface area contributed by atoms with Crippen LogP contribution in [-0.2, 0) is 4.79 Å². The van der Waals surface area contributed by atoms with E-state index in [-0.39, 0.29) is 17.9 Å². The van der Waals surface area contributed by atoms with Crippen LogP contribution in [0, 0.1) is 5.41 Å². The van der Waals surface area contributed by atoms with Gasteiger partial charge in [-0.2, -0.15) is 0 Å². The maximum atomic E-state index is 11.7. The van der Waals surface area contributed by atoms with Crippen molar-refractivity contribution in [3.63, 3.8) is 0 Å². The number of ether oxygens (including phenoxy) is 1. The third kappa shape index (κ3) is 6.78. The number of carbonyl (C=O) groups excluding carboxylic acids is 1. The lowest BCUT2D eigenvalue weighted by atomic mass is 9.93. The molecule has 0 aliphatic rings. The molecule has 0 aliphatic carbocycles. The van der Waals surface area contributed by atoms with Crippen LogP contribution in [0.5, 0.6) is 5.75 Å². The number of hydrogen-bond donors (Lipinski definition) is 2. The first-order chi connectivity index (χ1) is 9.28. The fourth-order valence-corrected chi connectivity index (χ4v) is 2.21. The molecule has 0 unspecified atom stereocenters. The maximum absolute atomic E-state index is 11.7. The lowest BCUT2D eigenvalue weighted by molar-refractivity contribution is -0.865. The maximum Gasteiger partial charge on any atom is 0.257 e. The molecule has 0 saturated carbocycles. The van der Waals surface area contributed by atoms with Gasteiger partial charge >= 0.3 is 0 Å². The molecule has 0 fully saturated rings. The zero-order chi connectivity index (χ0) is 15.2. The zero-order valence-electron chi connectivity index (χ0n) is 12.6. The van der Waals surface area contributed by atoms with Crippen LogP contribution in [-0.4, -0.2) is 39.7 Å². The van der Waals surface area contributed by atoms with Crippen LogP contribution < -0.4 is 15.0 Å². The van der Waals surface area contributed by atoms with Crippen molar-refractivity contribution in [3.8, 4) is 5.75 Å². The fraction of sp³-hybridized carbons (Fsp3) is 0.533. The highest BCUT2D eigenvalue weighted by molar-refractivity contribution is 6.30. The first-order valence-electron chi connectivity index (χ1n) is 6.73. The van der Waals surface area contributed by atoms with Crippen molar-refractivity contribution in [1.82, 2.24) is 5.32 Å². The summed E-state index contributed by atoms with van der Waals surface area (Å²) in [5, 5.41) is 3.55. The molecule has 1 aromatic rings. The Morgan fingerprint density at radius 1 is 1.30 bits per heavy atom. The molecule has 20 heavy (non-hydrogen) atoms. The standard InChI is InChI=1S/C15H23ClN2O2/c1-15(2,11-18(3)4)10-17-14(19)9-20-13-7-5-12(16)6-8-13/h5-8H,9-11H2,1-4H3,(H,17,19)/p+1. The highest BCUT2D eigenvalue weighted by Gasteiger charge is 2.22. The summed E-state index contributed by atoms with van der Waals surface area (Å²) in [6.07, 6.45) is 0. The fourth-order valence-electron chi connectivity index (χ4n) is 2.09. The molecule has 0 aromatic heterocycles. The van der Waals surface area contributed by atoms with Crippen molar-refractivity contribution in [2.45, 2.75) is 13.8 Å². The van der Waals surface area contributed by atoms with E-state index in [0.29, 0.717) is 17.3 Å². The number of quaternary nitrogens is 1. The van der Waals surface area contributed by atoms with Gasteiger partial charge in [0.25, 0.3) is 5.91 Å². The van der Waals surface area contributed by atoms with Gasteiger partial charge in [0.05, 0.1) is 20.6 Å². The Labute approximate surface area is 126 Å². The molecule has 0 spiro atoms. The van der Waals surface area contributed by atoms with Gasteiger partial charge in [-0.05, 0) is 24.3 Å².